The van der Waals surface area contributed by atoms with Crippen LogP contribution < -0.4 is 0 Å². The van der Waals surface area contributed by atoms with E-state index in [1.807, 2.05) is 0 Å². The van der Waals surface area contributed by atoms with Gasteiger partial charge in [0.2, 0.25) is 0 Å². The lowest BCUT2D eigenvalue weighted by Crippen LogP contribution is -2.41. The lowest BCUT2D eigenvalue weighted by Gasteiger charge is -2.21. The molecule has 0 amide bonds. The molecule has 0 aliphatic carbocycles. The van der Waals surface area contributed by atoms with Gasteiger partial charge in [0, 0.05) is 20.8 Å². The zero-order valence-corrected chi connectivity index (χ0v) is 10.8. The fraction of sp³-hybridized carbons (Fsp3) is 0.727. The maximum absolute atomic E-state index is 11.0. The molecular formula is C11H16O8. The highest BCUT2D eigenvalue weighted by Crippen LogP contribution is 2.26. The molecular weight excluding hydrogens is 260 g/mol. The van der Waals surface area contributed by atoms with Gasteiger partial charge in [-0.05, 0) is 0 Å². The van der Waals surface area contributed by atoms with Crippen LogP contribution in [0.4, 0.5) is 0 Å². The number of carbonyl (C=O) groups is 3. The van der Waals surface area contributed by atoms with Crippen molar-refractivity contribution in [3.05, 3.63) is 0 Å². The van der Waals surface area contributed by atoms with Crippen molar-refractivity contribution in [3.8, 4) is 0 Å². The molecule has 1 saturated heterocycles. The molecule has 1 aliphatic heterocycles. The van der Waals surface area contributed by atoms with Gasteiger partial charge in [0.25, 0.3) is 0 Å². The number of hydrogen-bond acceptors (Lipinski definition) is 8. The molecule has 1 N–H and O–H groups in total. The second-order valence-corrected chi connectivity index (χ2v) is 4.02. The molecule has 1 fully saturated rings. The minimum atomic E-state index is -1.45. The Balaban J connectivity index is 2.76. The topological polar surface area (TPSA) is 108 Å². The third-order valence-electron chi connectivity index (χ3n) is 2.34. The first-order valence-corrected chi connectivity index (χ1v) is 5.62. The van der Waals surface area contributed by atoms with Crippen LogP contribution in [0.2, 0.25) is 0 Å². The summed E-state index contributed by atoms with van der Waals surface area (Å²) in [6.45, 7) is 3.30. The Kier molecular flexibility index (Phi) is 5.25. The maximum atomic E-state index is 11.0. The lowest BCUT2D eigenvalue weighted by atomic mass is 10.1. The van der Waals surface area contributed by atoms with E-state index in [-0.39, 0.29) is 6.61 Å². The normalized spacial score (nSPS) is 29.7. The minimum Gasteiger partial charge on any atom is -0.463 e. The van der Waals surface area contributed by atoms with Crippen LogP contribution in [0.15, 0.2) is 0 Å². The summed E-state index contributed by atoms with van der Waals surface area (Å²) < 4.78 is 19.6. The second-order valence-electron chi connectivity index (χ2n) is 4.02. The minimum absolute atomic E-state index is 0.220. The van der Waals surface area contributed by atoms with Gasteiger partial charge in [-0.1, -0.05) is 0 Å². The molecule has 1 rings (SSSR count). The van der Waals surface area contributed by atoms with Crippen LogP contribution in [0.1, 0.15) is 20.8 Å². The fourth-order valence-corrected chi connectivity index (χ4v) is 1.69. The summed E-state index contributed by atoms with van der Waals surface area (Å²) in [5.74, 6) is -1.83. The summed E-state index contributed by atoms with van der Waals surface area (Å²) in [5.41, 5.74) is 0. The molecule has 0 radical (unpaired) electrons. The van der Waals surface area contributed by atoms with Crippen LogP contribution >= 0.6 is 0 Å². The van der Waals surface area contributed by atoms with Crippen LogP contribution in [0.25, 0.3) is 0 Å². The van der Waals surface area contributed by atoms with Crippen molar-refractivity contribution >= 4 is 17.9 Å². The van der Waals surface area contributed by atoms with Crippen molar-refractivity contribution < 1.29 is 38.4 Å². The number of carbonyl (C=O) groups excluding carboxylic acids is 3. The van der Waals surface area contributed by atoms with Gasteiger partial charge < -0.3 is 24.1 Å². The van der Waals surface area contributed by atoms with Gasteiger partial charge in [-0.2, -0.15) is 0 Å². The molecule has 108 valence electrons. The molecule has 0 aromatic rings. The smallest absolute Gasteiger partial charge is 0.303 e. The number of rotatable bonds is 4. The first-order valence-electron chi connectivity index (χ1n) is 5.62. The molecule has 1 heterocycles. The van der Waals surface area contributed by atoms with E-state index in [1.54, 1.807) is 0 Å². The third-order valence-corrected chi connectivity index (χ3v) is 2.34. The van der Waals surface area contributed by atoms with Crippen LogP contribution in [-0.2, 0) is 33.3 Å². The summed E-state index contributed by atoms with van der Waals surface area (Å²) >= 11 is 0. The number of esters is 3. The molecule has 0 spiro atoms. The van der Waals surface area contributed by atoms with Gasteiger partial charge >= 0.3 is 17.9 Å². The predicted molar refractivity (Wildman–Crippen MR) is 58.6 cm³/mol. The van der Waals surface area contributed by atoms with Gasteiger partial charge in [0.15, 0.2) is 18.5 Å². The van der Waals surface area contributed by atoms with Crippen molar-refractivity contribution in [2.24, 2.45) is 0 Å². The van der Waals surface area contributed by atoms with E-state index in [1.165, 1.54) is 13.8 Å². The molecule has 1 aliphatic rings. The standard InChI is InChI=1S/C11H16O8/c1-5(12)16-4-8-9(17-6(2)13)10(11(15)19-8)18-7(3)14/h8-11,15H,4H2,1-3H3/t8-,9+,10-,11?/m0/s1. The van der Waals surface area contributed by atoms with E-state index in [4.69, 9.17) is 18.9 Å². The molecule has 0 aromatic carbocycles. The summed E-state index contributed by atoms with van der Waals surface area (Å²) in [6.07, 6.45) is -4.53. The largest absolute Gasteiger partial charge is 0.463 e. The maximum Gasteiger partial charge on any atom is 0.303 e. The lowest BCUT2D eigenvalue weighted by molar-refractivity contribution is -0.174. The molecule has 8 nitrogen and oxygen atoms in total. The molecule has 0 aromatic heterocycles. The number of aliphatic hydroxyl groups excluding tert-OH is 1. The molecule has 0 bridgehead atoms. The molecule has 4 atom stereocenters. The van der Waals surface area contributed by atoms with Gasteiger partial charge in [-0.15, -0.1) is 0 Å². The zero-order chi connectivity index (χ0) is 14.6. The van der Waals surface area contributed by atoms with E-state index in [0.29, 0.717) is 0 Å². The van der Waals surface area contributed by atoms with Crippen molar-refractivity contribution in [1.82, 2.24) is 0 Å². The molecule has 19 heavy (non-hydrogen) atoms. The van der Waals surface area contributed by atoms with Gasteiger partial charge in [-0.3, -0.25) is 14.4 Å². The SMILES string of the molecule is CC(=O)OC[C@@H]1OC(O)[C@@H](OC(C)=O)[C@@H]1OC(C)=O. The quantitative estimate of drug-likeness (QED) is 0.521. The number of aliphatic hydroxyl groups is 1. The van der Waals surface area contributed by atoms with E-state index < -0.39 is 42.5 Å². The van der Waals surface area contributed by atoms with E-state index in [0.717, 1.165) is 6.92 Å². The summed E-state index contributed by atoms with van der Waals surface area (Å²) in [6, 6.07) is 0. The Morgan fingerprint density at radius 1 is 1.00 bits per heavy atom. The van der Waals surface area contributed by atoms with Crippen molar-refractivity contribution in [1.29, 1.82) is 0 Å². The van der Waals surface area contributed by atoms with Crippen LogP contribution in [0, 0.1) is 0 Å². The van der Waals surface area contributed by atoms with Crippen LogP contribution in [-0.4, -0.2) is 54.2 Å². The average molecular weight is 276 g/mol. The van der Waals surface area contributed by atoms with Gasteiger partial charge in [0.05, 0.1) is 0 Å². The van der Waals surface area contributed by atoms with E-state index in [2.05, 4.69) is 0 Å². The number of ether oxygens (including phenoxy) is 4. The predicted octanol–water partition coefficient (Wildman–Crippen LogP) is -0.870. The average Bonchev–Trinajstić information content (AvgIpc) is 2.53. The van der Waals surface area contributed by atoms with Crippen molar-refractivity contribution in [2.45, 2.75) is 45.4 Å². The first-order chi connectivity index (χ1) is 8.81. The Hall–Kier alpha value is -1.67. The Labute approximate surface area is 109 Å². The number of hydrogen-bond donors (Lipinski definition) is 1. The molecule has 1 unspecified atom stereocenters. The first kappa shape index (κ1) is 15.4. The van der Waals surface area contributed by atoms with Crippen molar-refractivity contribution in [2.75, 3.05) is 6.61 Å². The highest BCUT2D eigenvalue weighted by molar-refractivity contribution is 5.67. The van der Waals surface area contributed by atoms with Gasteiger partial charge in [-0.25, -0.2) is 0 Å². The third kappa shape index (κ3) is 4.49. The monoisotopic (exact) mass is 276 g/mol. The Morgan fingerprint density at radius 2 is 1.53 bits per heavy atom. The fourth-order valence-electron chi connectivity index (χ4n) is 1.69. The molecule has 8 heteroatoms. The van der Waals surface area contributed by atoms with Crippen molar-refractivity contribution in [3.63, 3.8) is 0 Å². The van der Waals surface area contributed by atoms with Crippen LogP contribution in [0.5, 0.6) is 0 Å². The van der Waals surface area contributed by atoms with Gasteiger partial charge in [0.1, 0.15) is 12.7 Å². The van der Waals surface area contributed by atoms with E-state index >= 15 is 0 Å². The second kappa shape index (κ2) is 6.48. The molecule has 0 saturated carbocycles. The summed E-state index contributed by atoms with van der Waals surface area (Å²) in [4.78, 5) is 32.7. The summed E-state index contributed by atoms with van der Waals surface area (Å²) in [5, 5.41) is 9.63. The summed E-state index contributed by atoms with van der Waals surface area (Å²) in [7, 11) is 0. The Bertz CT molecular complexity index is 366. The zero-order valence-electron chi connectivity index (χ0n) is 10.8. The van der Waals surface area contributed by atoms with E-state index in [9.17, 15) is 19.5 Å². The highest BCUT2D eigenvalue weighted by atomic mass is 16.7. The van der Waals surface area contributed by atoms with Crippen LogP contribution in [0.3, 0.4) is 0 Å². The highest BCUT2D eigenvalue weighted by Gasteiger charge is 2.48. The Morgan fingerprint density at radius 3 is 2.00 bits per heavy atom.